The van der Waals surface area contributed by atoms with Gasteiger partial charge in [-0.2, -0.15) is 4.37 Å². The van der Waals surface area contributed by atoms with Crippen molar-refractivity contribution in [2.75, 3.05) is 12.3 Å². The summed E-state index contributed by atoms with van der Waals surface area (Å²) in [6, 6.07) is 0.586. The Morgan fingerprint density at radius 3 is 2.87 bits per heavy atom. The van der Waals surface area contributed by atoms with Gasteiger partial charge < -0.3 is 5.32 Å². The van der Waals surface area contributed by atoms with Crippen LogP contribution in [0.3, 0.4) is 0 Å². The molecule has 0 saturated heterocycles. The van der Waals surface area contributed by atoms with E-state index in [0.29, 0.717) is 6.04 Å². The minimum Gasteiger partial charge on any atom is -0.315 e. The Kier molecular flexibility index (Phi) is 6.20. The second kappa shape index (κ2) is 7.19. The molecule has 0 saturated carbocycles. The first-order valence-electron chi connectivity index (χ1n) is 5.41. The van der Waals surface area contributed by atoms with Crippen molar-refractivity contribution < 1.29 is 0 Å². The summed E-state index contributed by atoms with van der Waals surface area (Å²) >= 11 is 3.33. The highest BCUT2D eigenvalue weighted by molar-refractivity contribution is 8.00. The van der Waals surface area contributed by atoms with Crippen LogP contribution < -0.4 is 5.32 Å². The number of rotatable bonds is 7. The zero-order chi connectivity index (χ0) is 11.1. The Bertz CT molecular complexity index is 273. The van der Waals surface area contributed by atoms with Crippen molar-refractivity contribution in [2.24, 2.45) is 0 Å². The van der Waals surface area contributed by atoms with Crippen molar-refractivity contribution in [3.63, 3.8) is 0 Å². The summed E-state index contributed by atoms with van der Waals surface area (Å²) in [5.74, 6) is 2.10. The molecule has 1 rings (SSSR count). The summed E-state index contributed by atoms with van der Waals surface area (Å²) in [7, 11) is 0. The van der Waals surface area contributed by atoms with Gasteiger partial charge in [0.1, 0.15) is 5.82 Å². The van der Waals surface area contributed by atoms with E-state index < -0.39 is 0 Å². The van der Waals surface area contributed by atoms with E-state index in [0.717, 1.165) is 28.9 Å². The number of nitrogens with one attached hydrogen (secondary N) is 1. The molecular formula is C10H19N3S2. The van der Waals surface area contributed by atoms with Gasteiger partial charge in [0.25, 0.3) is 0 Å². The average molecular weight is 245 g/mol. The highest BCUT2D eigenvalue weighted by Crippen LogP contribution is 2.20. The molecule has 1 heterocycles. The van der Waals surface area contributed by atoms with Crippen LogP contribution in [0.25, 0.3) is 0 Å². The fourth-order valence-electron chi connectivity index (χ4n) is 1.06. The lowest BCUT2D eigenvalue weighted by atomic mass is 10.4. The van der Waals surface area contributed by atoms with Crippen LogP contribution in [0.15, 0.2) is 4.34 Å². The van der Waals surface area contributed by atoms with Crippen LogP contribution in [0, 0.1) is 0 Å². The quantitative estimate of drug-likeness (QED) is 0.592. The third-order valence-corrected chi connectivity index (χ3v) is 3.82. The van der Waals surface area contributed by atoms with Crippen molar-refractivity contribution in [1.82, 2.24) is 14.7 Å². The van der Waals surface area contributed by atoms with Crippen LogP contribution in [0.4, 0.5) is 0 Å². The second-order valence-electron chi connectivity index (χ2n) is 3.64. The molecule has 1 N–H and O–H groups in total. The fraction of sp³-hybridized carbons (Fsp3) is 0.800. The summed E-state index contributed by atoms with van der Waals surface area (Å²) in [6.07, 6.45) is 2.12. The first kappa shape index (κ1) is 12.9. The number of hydrogen-bond donors (Lipinski definition) is 1. The van der Waals surface area contributed by atoms with E-state index in [-0.39, 0.29) is 0 Å². The maximum Gasteiger partial charge on any atom is 0.170 e. The van der Waals surface area contributed by atoms with Crippen LogP contribution >= 0.6 is 23.3 Å². The van der Waals surface area contributed by atoms with Crippen LogP contribution in [-0.2, 0) is 6.42 Å². The minimum absolute atomic E-state index is 0.586. The number of hydrogen-bond acceptors (Lipinski definition) is 5. The predicted molar refractivity (Wildman–Crippen MR) is 67.8 cm³/mol. The van der Waals surface area contributed by atoms with E-state index in [2.05, 4.69) is 35.4 Å². The van der Waals surface area contributed by atoms with E-state index in [1.807, 2.05) is 11.8 Å². The highest BCUT2D eigenvalue weighted by Gasteiger charge is 2.02. The molecule has 1 aromatic heterocycles. The number of aromatic nitrogens is 2. The molecular weight excluding hydrogens is 226 g/mol. The van der Waals surface area contributed by atoms with Gasteiger partial charge in [-0.3, -0.25) is 0 Å². The minimum atomic E-state index is 0.586. The lowest BCUT2D eigenvalue weighted by Crippen LogP contribution is -2.23. The third-order valence-electron chi connectivity index (χ3n) is 1.86. The van der Waals surface area contributed by atoms with Gasteiger partial charge in [0.05, 0.1) is 0 Å². The lowest BCUT2D eigenvalue weighted by molar-refractivity contribution is 0.586. The maximum absolute atomic E-state index is 4.41. The smallest absolute Gasteiger partial charge is 0.170 e. The Morgan fingerprint density at radius 1 is 1.47 bits per heavy atom. The Balaban J connectivity index is 2.09. The first-order valence-corrected chi connectivity index (χ1v) is 7.17. The number of nitrogens with zero attached hydrogens (tertiary/aromatic N) is 2. The first-order chi connectivity index (χ1) is 7.22. The van der Waals surface area contributed by atoms with Crippen molar-refractivity contribution >= 4 is 23.3 Å². The second-order valence-corrected chi connectivity index (χ2v) is 5.73. The molecule has 3 nitrogen and oxygen atoms in total. The molecule has 0 fully saturated rings. The molecule has 0 radical (unpaired) electrons. The van der Waals surface area contributed by atoms with Crippen LogP contribution in [0.1, 0.15) is 33.0 Å². The maximum atomic E-state index is 4.41. The summed E-state index contributed by atoms with van der Waals surface area (Å²) in [5.41, 5.74) is 0. The molecule has 0 aliphatic heterocycles. The fourth-order valence-corrected chi connectivity index (χ4v) is 2.77. The highest BCUT2D eigenvalue weighted by atomic mass is 32.2. The van der Waals surface area contributed by atoms with E-state index in [1.165, 1.54) is 18.0 Å². The molecule has 0 aliphatic rings. The molecule has 0 spiro atoms. The zero-order valence-corrected chi connectivity index (χ0v) is 11.2. The standard InChI is InChI=1S/C10H19N3S2/c1-4-9-12-10(15-13-9)14-7-5-6-11-8(2)3/h8,11H,4-7H2,1-3H3. The van der Waals surface area contributed by atoms with Crippen LogP contribution in [0.5, 0.6) is 0 Å². The third kappa shape index (κ3) is 5.49. The largest absolute Gasteiger partial charge is 0.315 e. The molecule has 0 aromatic carbocycles. The molecule has 15 heavy (non-hydrogen) atoms. The number of thioether (sulfide) groups is 1. The normalized spacial score (nSPS) is 11.2. The number of aryl methyl sites for hydroxylation is 1. The van der Waals surface area contributed by atoms with Gasteiger partial charge >= 0.3 is 0 Å². The molecule has 0 bridgehead atoms. The summed E-state index contributed by atoms with van der Waals surface area (Å²) in [4.78, 5) is 4.41. The monoisotopic (exact) mass is 245 g/mol. The van der Waals surface area contributed by atoms with Crippen molar-refractivity contribution in [3.8, 4) is 0 Å². The summed E-state index contributed by atoms with van der Waals surface area (Å²) < 4.78 is 5.36. The average Bonchev–Trinajstić information content (AvgIpc) is 2.65. The van der Waals surface area contributed by atoms with Gasteiger partial charge in [0.2, 0.25) is 0 Å². The van der Waals surface area contributed by atoms with Gasteiger partial charge in [0.15, 0.2) is 4.34 Å². The van der Waals surface area contributed by atoms with Crippen LogP contribution in [0.2, 0.25) is 0 Å². The summed E-state index contributed by atoms with van der Waals surface area (Å²) in [5, 5.41) is 3.40. The topological polar surface area (TPSA) is 37.8 Å². The molecule has 86 valence electrons. The van der Waals surface area contributed by atoms with E-state index >= 15 is 0 Å². The van der Waals surface area contributed by atoms with Gasteiger partial charge in [-0.1, -0.05) is 32.5 Å². The Hall–Kier alpha value is -0.130. The SMILES string of the molecule is CCc1nsc(SCCCNC(C)C)n1. The Labute approximate surface area is 100 Å². The van der Waals surface area contributed by atoms with Gasteiger partial charge in [0, 0.05) is 18.2 Å². The zero-order valence-electron chi connectivity index (χ0n) is 9.62. The van der Waals surface area contributed by atoms with E-state index in [9.17, 15) is 0 Å². The lowest BCUT2D eigenvalue weighted by Gasteiger charge is -2.06. The van der Waals surface area contributed by atoms with E-state index in [4.69, 9.17) is 0 Å². The van der Waals surface area contributed by atoms with Crippen LogP contribution in [-0.4, -0.2) is 27.7 Å². The molecule has 1 aromatic rings. The van der Waals surface area contributed by atoms with Crippen molar-refractivity contribution in [1.29, 1.82) is 0 Å². The summed E-state index contributed by atoms with van der Waals surface area (Å²) in [6.45, 7) is 7.52. The van der Waals surface area contributed by atoms with E-state index in [1.54, 1.807) is 0 Å². The molecule has 0 aliphatic carbocycles. The van der Waals surface area contributed by atoms with Gasteiger partial charge in [-0.05, 0) is 24.5 Å². The van der Waals surface area contributed by atoms with Gasteiger partial charge in [-0.25, -0.2) is 4.98 Å². The Morgan fingerprint density at radius 2 is 2.27 bits per heavy atom. The predicted octanol–water partition coefficient (Wildman–Crippen LogP) is 2.58. The molecule has 0 atom stereocenters. The van der Waals surface area contributed by atoms with Gasteiger partial charge in [-0.15, -0.1) is 0 Å². The molecule has 5 heteroatoms. The molecule has 0 amide bonds. The van der Waals surface area contributed by atoms with Crippen molar-refractivity contribution in [2.45, 2.75) is 44.0 Å². The van der Waals surface area contributed by atoms with Crippen molar-refractivity contribution in [3.05, 3.63) is 5.82 Å². The molecule has 0 unspecified atom stereocenters.